The molecule has 1 fully saturated rings. The summed E-state index contributed by atoms with van der Waals surface area (Å²) in [6.07, 6.45) is 7.12. The van der Waals surface area contributed by atoms with Gasteiger partial charge in [0.05, 0.1) is 0 Å². The first-order valence-corrected chi connectivity index (χ1v) is 6.53. The fourth-order valence-electron chi connectivity index (χ4n) is 2.37. The van der Waals surface area contributed by atoms with E-state index < -0.39 is 0 Å². The van der Waals surface area contributed by atoms with Crippen LogP contribution in [0.4, 0.5) is 0 Å². The Labute approximate surface area is 95.0 Å². The summed E-state index contributed by atoms with van der Waals surface area (Å²) in [5, 5.41) is 3.65. The Morgan fingerprint density at radius 2 is 1.93 bits per heavy atom. The Morgan fingerprint density at radius 1 is 1.33 bits per heavy atom. The number of hydrogen-bond donors (Lipinski definition) is 2. The lowest BCUT2D eigenvalue weighted by Gasteiger charge is -2.34. The molecule has 1 rings (SSSR count). The van der Waals surface area contributed by atoms with Gasteiger partial charge in [0.1, 0.15) is 0 Å². The minimum Gasteiger partial charge on any atom is -0.329 e. The molecule has 90 valence electrons. The molecule has 1 aliphatic carbocycles. The van der Waals surface area contributed by atoms with Crippen LogP contribution in [-0.2, 0) is 0 Å². The zero-order valence-electron chi connectivity index (χ0n) is 10.7. The average Bonchev–Trinajstić information content (AvgIpc) is 2.70. The zero-order valence-corrected chi connectivity index (χ0v) is 10.7. The van der Waals surface area contributed by atoms with Gasteiger partial charge >= 0.3 is 0 Å². The predicted octanol–water partition coefficient (Wildman–Crippen LogP) is 2.53. The minimum absolute atomic E-state index is 0.124. The van der Waals surface area contributed by atoms with Crippen molar-refractivity contribution in [2.45, 2.75) is 58.4 Å². The van der Waals surface area contributed by atoms with Crippen molar-refractivity contribution in [2.24, 2.45) is 17.6 Å². The first-order valence-electron chi connectivity index (χ1n) is 6.53. The van der Waals surface area contributed by atoms with Crippen LogP contribution >= 0.6 is 0 Å². The van der Waals surface area contributed by atoms with Crippen molar-refractivity contribution < 1.29 is 0 Å². The van der Waals surface area contributed by atoms with Gasteiger partial charge in [0, 0.05) is 12.1 Å². The molecule has 0 heterocycles. The van der Waals surface area contributed by atoms with E-state index in [0.717, 1.165) is 19.0 Å². The van der Waals surface area contributed by atoms with Gasteiger partial charge in [-0.3, -0.25) is 0 Å². The quantitative estimate of drug-likeness (QED) is 0.710. The molecule has 2 nitrogen and oxygen atoms in total. The van der Waals surface area contributed by atoms with E-state index in [1.807, 2.05) is 0 Å². The number of nitrogens with two attached hydrogens (primary N) is 1. The molecular formula is C13H28N2. The Kier molecular flexibility index (Phi) is 5.07. The van der Waals surface area contributed by atoms with Crippen LogP contribution in [0.25, 0.3) is 0 Å². The molecule has 0 spiro atoms. The molecule has 2 heteroatoms. The molecule has 3 N–H and O–H groups in total. The molecule has 0 aromatic rings. The van der Waals surface area contributed by atoms with Gasteiger partial charge in [0.15, 0.2) is 0 Å². The second-order valence-electron chi connectivity index (χ2n) is 5.64. The van der Waals surface area contributed by atoms with E-state index in [-0.39, 0.29) is 5.54 Å². The summed E-state index contributed by atoms with van der Waals surface area (Å²) in [6, 6.07) is 0. The first-order chi connectivity index (χ1) is 7.08. The normalized spacial score (nSPS) is 22.2. The van der Waals surface area contributed by atoms with Crippen molar-refractivity contribution in [3.63, 3.8) is 0 Å². The third kappa shape index (κ3) is 3.76. The second kappa shape index (κ2) is 5.86. The van der Waals surface area contributed by atoms with Crippen LogP contribution in [0.1, 0.15) is 52.9 Å². The predicted molar refractivity (Wildman–Crippen MR) is 66.9 cm³/mol. The van der Waals surface area contributed by atoms with Gasteiger partial charge < -0.3 is 11.1 Å². The van der Waals surface area contributed by atoms with Gasteiger partial charge in [-0.2, -0.15) is 0 Å². The minimum atomic E-state index is 0.124. The van der Waals surface area contributed by atoms with Crippen LogP contribution in [0.15, 0.2) is 0 Å². The third-order valence-electron chi connectivity index (χ3n) is 4.25. The maximum Gasteiger partial charge on any atom is 0.0298 e. The highest BCUT2D eigenvalue weighted by Gasteiger charge is 2.26. The maximum absolute atomic E-state index is 5.84. The van der Waals surface area contributed by atoms with Crippen molar-refractivity contribution in [1.29, 1.82) is 0 Å². The topological polar surface area (TPSA) is 38.0 Å². The van der Waals surface area contributed by atoms with E-state index in [1.54, 1.807) is 0 Å². The first kappa shape index (κ1) is 13.0. The van der Waals surface area contributed by atoms with Crippen LogP contribution in [-0.4, -0.2) is 18.6 Å². The SMILES string of the molecule is CC(C)C(C)(CN)NCCC1CCCC1. The van der Waals surface area contributed by atoms with Crippen molar-refractivity contribution in [2.75, 3.05) is 13.1 Å². The van der Waals surface area contributed by atoms with E-state index >= 15 is 0 Å². The maximum atomic E-state index is 5.84. The van der Waals surface area contributed by atoms with Crippen molar-refractivity contribution in [1.82, 2.24) is 5.32 Å². The average molecular weight is 212 g/mol. The Hall–Kier alpha value is -0.0800. The van der Waals surface area contributed by atoms with Gasteiger partial charge in [-0.15, -0.1) is 0 Å². The van der Waals surface area contributed by atoms with Crippen LogP contribution in [0.2, 0.25) is 0 Å². The number of hydrogen-bond acceptors (Lipinski definition) is 2. The van der Waals surface area contributed by atoms with Crippen LogP contribution in [0, 0.1) is 11.8 Å². The summed E-state index contributed by atoms with van der Waals surface area (Å²) in [5.41, 5.74) is 5.96. The van der Waals surface area contributed by atoms with E-state index in [1.165, 1.54) is 32.1 Å². The molecular weight excluding hydrogens is 184 g/mol. The fraction of sp³-hybridized carbons (Fsp3) is 1.00. The van der Waals surface area contributed by atoms with E-state index in [4.69, 9.17) is 5.73 Å². The summed E-state index contributed by atoms with van der Waals surface area (Å²) in [7, 11) is 0. The molecule has 0 aromatic heterocycles. The van der Waals surface area contributed by atoms with E-state index in [2.05, 4.69) is 26.1 Å². The Balaban J connectivity index is 2.22. The van der Waals surface area contributed by atoms with Gasteiger partial charge in [-0.05, 0) is 31.7 Å². The molecule has 1 saturated carbocycles. The molecule has 0 amide bonds. The number of rotatable bonds is 6. The lowest BCUT2D eigenvalue weighted by atomic mass is 9.88. The highest BCUT2D eigenvalue weighted by Crippen LogP contribution is 2.27. The lowest BCUT2D eigenvalue weighted by molar-refractivity contribution is 0.261. The van der Waals surface area contributed by atoms with E-state index in [0.29, 0.717) is 5.92 Å². The molecule has 0 radical (unpaired) electrons. The molecule has 0 aliphatic heterocycles. The summed E-state index contributed by atoms with van der Waals surface area (Å²) < 4.78 is 0. The molecule has 15 heavy (non-hydrogen) atoms. The Morgan fingerprint density at radius 3 is 2.40 bits per heavy atom. The standard InChI is InChI=1S/C13H28N2/c1-11(2)13(3,10-14)15-9-8-12-6-4-5-7-12/h11-12,15H,4-10,14H2,1-3H3. The second-order valence-corrected chi connectivity index (χ2v) is 5.64. The van der Waals surface area contributed by atoms with Crippen molar-refractivity contribution >= 4 is 0 Å². The largest absolute Gasteiger partial charge is 0.329 e. The summed E-state index contributed by atoms with van der Waals surface area (Å²) in [5.74, 6) is 1.58. The lowest BCUT2D eigenvalue weighted by Crippen LogP contribution is -2.53. The van der Waals surface area contributed by atoms with Crippen molar-refractivity contribution in [3.05, 3.63) is 0 Å². The smallest absolute Gasteiger partial charge is 0.0298 e. The monoisotopic (exact) mass is 212 g/mol. The number of nitrogens with one attached hydrogen (secondary N) is 1. The summed E-state index contributed by atoms with van der Waals surface area (Å²) in [6.45, 7) is 8.60. The van der Waals surface area contributed by atoms with Gasteiger partial charge in [-0.25, -0.2) is 0 Å². The molecule has 1 aliphatic rings. The van der Waals surface area contributed by atoms with Crippen molar-refractivity contribution in [3.8, 4) is 0 Å². The van der Waals surface area contributed by atoms with Gasteiger partial charge in [-0.1, -0.05) is 39.5 Å². The fourth-order valence-corrected chi connectivity index (χ4v) is 2.37. The molecule has 1 unspecified atom stereocenters. The highest BCUT2D eigenvalue weighted by atomic mass is 15.0. The third-order valence-corrected chi connectivity index (χ3v) is 4.25. The molecule has 1 atom stereocenters. The molecule has 0 saturated heterocycles. The van der Waals surface area contributed by atoms with Crippen LogP contribution < -0.4 is 11.1 Å². The Bertz CT molecular complexity index is 173. The zero-order chi connectivity index (χ0) is 11.3. The van der Waals surface area contributed by atoms with Crippen LogP contribution in [0.3, 0.4) is 0 Å². The molecule has 0 bridgehead atoms. The highest BCUT2D eigenvalue weighted by molar-refractivity contribution is 4.87. The van der Waals surface area contributed by atoms with Crippen LogP contribution in [0.5, 0.6) is 0 Å². The molecule has 0 aromatic carbocycles. The summed E-state index contributed by atoms with van der Waals surface area (Å²) in [4.78, 5) is 0. The van der Waals surface area contributed by atoms with E-state index in [9.17, 15) is 0 Å². The van der Waals surface area contributed by atoms with Gasteiger partial charge in [0.25, 0.3) is 0 Å². The van der Waals surface area contributed by atoms with Gasteiger partial charge in [0.2, 0.25) is 0 Å². The summed E-state index contributed by atoms with van der Waals surface area (Å²) >= 11 is 0.